The lowest BCUT2D eigenvalue weighted by molar-refractivity contribution is 0.0946. The minimum absolute atomic E-state index is 0.133. The number of aryl methyl sites for hydroxylation is 1. The summed E-state index contributed by atoms with van der Waals surface area (Å²) in [5, 5.41) is 6.30. The second kappa shape index (κ2) is 6.36. The Labute approximate surface area is 136 Å². The van der Waals surface area contributed by atoms with Gasteiger partial charge in [0, 0.05) is 17.8 Å². The van der Waals surface area contributed by atoms with E-state index in [1.54, 1.807) is 6.07 Å². The molecule has 0 radical (unpaired) electrons. The van der Waals surface area contributed by atoms with Gasteiger partial charge in [-0.05, 0) is 36.8 Å². The van der Waals surface area contributed by atoms with E-state index in [-0.39, 0.29) is 5.91 Å². The van der Waals surface area contributed by atoms with Crippen molar-refractivity contribution in [3.05, 3.63) is 47.4 Å². The zero-order valence-corrected chi connectivity index (χ0v) is 13.8. The van der Waals surface area contributed by atoms with Crippen LogP contribution in [0, 0.1) is 6.92 Å². The molecule has 120 valence electrons. The molecule has 1 aromatic heterocycles. The van der Waals surface area contributed by atoms with Crippen molar-refractivity contribution in [3.8, 4) is 0 Å². The maximum atomic E-state index is 12.1. The summed E-state index contributed by atoms with van der Waals surface area (Å²) in [5.41, 5.74) is 3.83. The van der Waals surface area contributed by atoms with Crippen LogP contribution in [0.2, 0.25) is 0 Å². The van der Waals surface area contributed by atoms with E-state index in [4.69, 9.17) is 0 Å². The van der Waals surface area contributed by atoms with Gasteiger partial charge in [0.05, 0.1) is 0 Å². The molecule has 5 heteroatoms. The molecule has 1 aliphatic rings. The lowest BCUT2D eigenvalue weighted by Gasteiger charge is -2.17. The molecular formula is C18H22N4O. The molecule has 5 nitrogen and oxygen atoms in total. The smallest absolute Gasteiger partial charge is 0.270 e. The third-order valence-electron chi connectivity index (χ3n) is 3.99. The van der Waals surface area contributed by atoms with Crippen LogP contribution in [0.4, 0.5) is 11.5 Å². The van der Waals surface area contributed by atoms with Crippen molar-refractivity contribution < 1.29 is 4.79 Å². The molecule has 1 fully saturated rings. The highest BCUT2D eigenvalue weighted by atomic mass is 16.2. The zero-order valence-electron chi connectivity index (χ0n) is 13.8. The first-order valence-corrected chi connectivity index (χ1v) is 8.04. The summed E-state index contributed by atoms with van der Waals surface area (Å²) in [6.45, 7) is 6.39. The molecule has 1 aliphatic carbocycles. The van der Waals surface area contributed by atoms with Crippen LogP contribution in [0.5, 0.6) is 0 Å². The summed E-state index contributed by atoms with van der Waals surface area (Å²) in [6, 6.07) is 8.26. The van der Waals surface area contributed by atoms with Crippen molar-refractivity contribution in [2.24, 2.45) is 0 Å². The molecule has 0 spiro atoms. The number of hydrogen-bond acceptors (Lipinski definition) is 4. The number of carbonyl (C=O) groups excluding carboxylic acids is 1. The van der Waals surface area contributed by atoms with Crippen LogP contribution in [-0.2, 0) is 0 Å². The summed E-state index contributed by atoms with van der Waals surface area (Å²) in [5.74, 6) is 0.904. The standard InChI is InChI=1S/C18H22N4O/c1-11(2)14-6-4-5-12(3)17(14)22-16-9-15(19-10-20-16)18(23)21-13-7-8-13/h4-6,9-11,13H,7-8H2,1-3H3,(H,21,23)(H,19,20,22). The predicted molar refractivity (Wildman–Crippen MR) is 91.1 cm³/mol. The van der Waals surface area contributed by atoms with Crippen LogP contribution in [-0.4, -0.2) is 21.9 Å². The van der Waals surface area contributed by atoms with E-state index < -0.39 is 0 Å². The van der Waals surface area contributed by atoms with Crippen molar-refractivity contribution in [2.75, 3.05) is 5.32 Å². The van der Waals surface area contributed by atoms with Gasteiger partial charge in [-0.15, -0.1) is 0 Å². The van der Waals surface area contributed by atoms with Gasteiger partial charge in [0.15, 0.2) is 0 Å². The van der Waals surface area contributed by atoms with Gasteiger partial charge in [-0.1, -0.05) is 32.0 Å². The average molecular weight is 310 g/mol. The van der Waals surface area contributed by atoms with Crippen molar-refractivity contribution >= 4 is 17.4 Å². The molecule has 2 aromatic rings. The first-order valence-electron chi connectivity index (χ1n) is 8.04. The van der Waals surface area contributed by atoms with Gasteiger partial charge in [-0.2, -0.15) is 0 Å². The Bertz CT molecular complexity index is 723. The third kappa shape index (κ3) is 3.67. The van der Waals surface area contributed by atoms with E-state index in [0.29, 0.717) is 23.5 Å². The number of hydrogen-bond donors (Lipinski definition) is 2. The maximum Gasteiger partial charge on any atom is 0.270 e. The van der Waals surface area contributed by atoms with E-state index in [1.807, 2.05) is 0 Å². The van der Waals surface area contributed by atoms with Crippen molar-refractivity contribution in [1.82, 2.24) is 15.3 Å². The Hall–Kier alpha value is -2.43. The molecule has 2 N–H and O–H groups in total. The zero-order chi connectivity index (χ0) is 16.4. The number of benzene rings is 1. The molecule has 0 saturated heterocycles. The Balaban J connectivity index is 1.84. The minimum Gasteiger partial charge on any atom is -0.348 e. The lowest BCUT2D eigenvalue weighted by atomic mass is 9.98. The quantitative estimate of drug-likeness (QED) is 0.886. The Morgan fingerprint density at radius 1 is 1.26 bits per heavy atom. The van der Waals surface area contributed by atoms with E-state index in [1.165, 1.54) is 11.9 Å². The largest absolute Gasteiger partial charge is 0.348 e. The predicted octanol–water partition coefficient (Wildman–Crippen LogP) is 3.54. The van der Waals surface area contributed by atoms with Crippen LogP contribution < -0.4 is 10.6 Å². The Morgan fingerprint density at radius 2 is 2.04 bits per heavy atom. The van der Waals surface area contributed by atoms with Gasteiger partial charge < -0.3 is 10.6 Å². The molecular weight excluding hydrogens is 288 g/mol. The molecule has 23 heavy (non-hydrogen) atoms. The van der Waals surface area contributed by atoms with Gasteiger partial charge >= 0.3 is 0 Å². The summed E-state index contributed by atoms with van der Waals surface area (Å²) in [6.07, 6.45) is 3.54. The maximum absolute atomic E-state index is 12.1. The van der Waals surface area contributed by atoms with E-state index >= 15 is 0 Å². The van der Waals surface area contributed by atoms with Crippen LogP contribution >= 0.6 is 0 Å². The fraction of sp³-hybridized carbons (Fsp3) is 0.389. The van der Waals surface area contributed by atoms with Gasteiger partial charge in [0.2, 0.25) is 0 Å². The first-order chi connectivity index (χ1) is 11.0. The molecule has 1 amide bonds. The lowest BCUT2D eigenvalue weighted by Crippen LogP contribution is -2.26. The van der Waals surface area contributed by atoms with Crippen molar-refractivity contribution in [1.29, 1.82) is 0 Å². The number of rotatable bonds is 5. The SMILES string of the molecule is Cc1cccc(C(C)C)c1Nc1cc(C(=O)NC2CC2)ncn1. The normalized spacial score (nSPS) is 13.9. The monoisotopic (exact) mass is 310 g/mol. The minimum atomic E-state index is -0.133. The van der Waals surface area contributed by atoms with E-state index in [9.17, 15) is 4.79 Å². The highest BCUT2D eigenvalue weighted by Crippen LogP contribution is 2.29. The summed E-state index contributed by atoms with van der Waals surface area (Å²) < 4.78 is 0. The number of nitrogens with one attached hydrogen (secondary N) is 2. The van der Waals surface area contributed by atoms with Gasteiger partial charge in [-0.25, -0.2) is 9.97 Å². The molecule has 0 unspecified atom stereocenters. The number of anilines is 2. The van der Waals surface area contributed by atoms with Crippen LogP contribution in [0.1, 0.15) is 54.2 Å². The summed E-state index contributed by atoms with van der Waals surface area (Å²) in [4.78, 5) is 20.4. The molecule has 3 rings (SSSR count). The number of para-hydroxylation sites is 1. The molecule has 0 bridgehead atoms. The molecule has 1 saturated carbocycles. The summed E-state index contributed by atoms with van der Waals surface area (Å²) in [7, 11) is 0. The first kappa shape index (κ1) is 15.5. The Morgan fingerprint density at radius 3 is 2.74 bits per heavy atom. The number of nitrogens with zero attached hydrogens (tertiary/aromatic N) is 2. The second-order valence-corrected chi connectivity index (χ2v) is 6.36. The van der Waals surface area contributed by atoms with Gasteiger partial charge in [0.1, 0.15) is 17.8 Å². The fourth-order valence-corrected chi connectivity index (χ4v) is 2.51. The highest BCUT2D eigenvalue weighted by molar-refractivity contribution is 5.93. The van der Waals surface area contributed by atoms with Crippen molar-refractivity contribution in [3.63, 3.8) is 0 Å². The molecule has 0 atom stereocenters. The Kier molecular flexibility index (Phi) is 4.28. The van der Waals surface area contributed by atoms with E-state index in [0.717, 1.165) is 24.1 Å². The van der Waals surface area contributed by atoms with Crippen LogP contribution in [0.25, 0.3) is 0 Å². The average Bonchev–Trinajstić information content (AvgIpc) is 3.33. The number of aromatic nitrogens is 2. The fourth-order valence-electron chi connectivity index (χ4n) is 2.51. The topological polar surface area (TPSA) is 66.9 Å². The number of carbonyl (C=O) groups is 1. The van der Waals surface area contributed by atoms with Crippen molar-refractivity contribution in [2.45, 2.75) is 45.6 Å². The molecule has 1 aromatic carbocycles. The van der Waals surface area contributed by atoms with Gasteiger partial charge in [0.25, 0.3) is 5.91 Å². The van der Waals surface area contributed by atoms with Crippen LogP contribution in [0.15, 0.2) is 30.6 Å². The number of amides is 1. The van der Waals surface area contributed by atoms with Gasteiger partial charge in [-0.3, -0.25) is 4.79 Å². The third-order valence-corrected chi connectivity index (χ3v) is 3.99. The van der Waals surface area contributed by atoms with E-state index in [2.05, 4.69) is 59.6 Å². The highest BCUT2D eigenvalue weighted by Gasteiger charge is 2.24. The second-order valence-electron chi connectivity index (χ2n) is 6.36. The van der Waals surface area contributed by atoms with Crippen LogP contribution in [0.3, 0.4) is 0 Å². The molecule has 0 aliphatic heterocycles. The summed E-state index contributed by atoms with van der Waals surface area (Å²) >= 11 is 0. The molecule has 1 heterocycles.